The van der Waals surface area contributed by atoms with Gasteiger partial charge in [0.2, 0.25) is 0 Å². The van der Waals surface area contributed by atoms with Crippen molar-refractivity contribution in [3.05, 3.63) is 0 Å². The largest absolute Gasteiger partial charge is 0.490 e. The van der Waals surface area contributed by atoms with Crippen molar-refractivity contribution in [2.75, 3.05) is 20.3 Å². The third-order valence-electron chi connectivity index (χ3n) is 3.16. The smallest absolute Gasteiger partial charge is 0.475 e. The van der Waals surface area contributed by atoms with Crippen LogP contribution in [0.15, 0.2) is 0 Å². The number of ether oxygens (including phenoxy) is 1. The van der Waals surface area contributed by atoms with E-state index in [9.17, 15) is 13.2 Å². The average molecular weight is 270 g/mol. The Balaban J connectivity index is 0.000000203. The molecule has 3 atom stereocenters. The summed E-state index contributed by atoms with van der Waals surface area (Å²) in [6.45, 7) is 1.75. The zero-order chi connectivity index (χ0) is 13.9. The molecule has 2 bridgehead atoms. The number of likely N-dealkylation sites (N-methyl/N-ethyl adjacent to an activating group) is 1. The van der Waals surface area contributed by atoms with Crippen molar-refractivity contribution in [1.29, 1.82) is 0 Å². The second-order valence-corrected chi connectivity index (χ2v) is 4.54. The summed E-state index contributed by atoms with van der Waals surface area (Å²) in [5, 5.41) is 7.12. The van der Waals surface area contributed by atoms with Crippen molar-refractivity contribution in [3.63, 3.8) is 0 Å². The van der Waals surface area contributed by atoms with Gasteiger partial charge < -0.3 is 15.6 Å². The number of alkyl halides is 3. The highest BCUT2D eigenvalue weighted by Crippen LogP contribution is 2.24. The monoisotopic (exact) mass is 270 g/mol. The number of hydrogen-bond acceptors (Lipinski definition) is 4. The Morgan fingerprint density at radius 3 is 2.06 bits per heavy atom. The molecule has 18 heavy (non-hydrogen) atoms. The zero-order valence-corrected chi connectivity index (χ0v) is 9.98. The SMILES string of the molecule is CN1[C@@H]2COC[C@H]1CC(N)C2.O=C(O)C(F)(F)F. The number of piperidine rings is 1. The van der Waals surface area contributed by atoms with Gasteiger partial charge in [0, 0.05) is 18.1 Å². The molecule has 2 fully saturated rings. The van der Waals surface area contributed by atoms with E-state index in [4.69, 9.17) is 20.4 Å². The fourth-order valence-corrected chi connectivity index (χ4v) is 2.14. The van der Waals surface area contributed by atoms with Gasteiger partial charge in [0.15, 0.2) is 0 Å². The third kappa shape index (κ3) is 4.11. The van der Waals surface area contributed by atoms with E-state index in [1.807, 2.05) is 0 Å². The first-order chi connectivity index (χ1) is 8.21. The predicted molar refractivity (Wildman–Crippen MR) is 57.1 cm³/mol. The van der Waals surface area contributed by atoms with Crippen LogP contribution < -0.4 is 5.73 Å². The van der Waals surface area contributed by atoms with E-state index < -0.39 is 12.1 Å². The van der Waals surface area contributed by atoms with E-state index >= 15 is 0 Å². The number of carboxylic acid groups (broad SMARTS) is 1. The average Bonchev–Trinajstić information content (AvgIpc) is 2.19. The highest BCUT2D eigenvalue weighted by molar-refractivity contribution is 5.73. The molecular weight excluding hydrogens is 253 g/mol. The van der Waals surface area contributed by atoms with E-state index in [1.165, 1.54) is 0 Å². The van der Waals surface area contributed by atoms with E-state index in [2.05, 4.69) is 11.9 Å². The van der Waals surface area contributed by atoms with Crippen molar-refractivity contribution in [2.45, 2.75) is 37.1 Å². The Kier molecular flexibility index (Phi) is 4.94. The van der Waals surface area contributed by atoms with E-state index in [-0.39, 0.29) is 0 Å². The molecule has 5 nitrogen and oxygen atoms in total. The summed E-state index contributed by atoms with van der Waals surface area (Å²) in [5.41, 5.74) is 5.90. The van der Waals surface area contributed by atoms with Gasteiger partial charge in [0.25, 0.3) is 0 Å². The summed E-state index contributed by atoms with van der Waals surface area (Å²) < 4.78 is 37.2. The molecule has 106 valence electrons. The number of nitrogens with two attached hydrogens (primary N) is 1. The number of fused-ring (bicyclic) bond motifs is 2. The van der Waals surface area contributed by atoms with Crippen molar-refractivity contribution in [1.82, 2.24) is 4.90 Å². The van der Waals surface area contributed by atoms with Crippen LogP contribution in [0, 0.1) is 0 Å². The maximum Gasteiger partial charge on any atom is 0.490 e. The van der Waals surface area contributed by atoms with E-state index in [1.54, 1.807) is 0 Å². The van der Waals surface area contributed by atoms with Gasteiger partial charge in [0.05, 0.1) is 13.2 Å². The molecule has 0 radical (unpaired) electrons. The van der Waals surface area contributed by atoms with Crippen LogP contribution in [-0.4, -0.2) is 60.5 Å². The molecule has 1 unspecified atom stereocenters. The maximum absolute atomic E-state index is 10.6. The summed E-state index contributed by atoms with van der Waals surface area (Å²) in [5.74, 6) is -2.76. The van der Waals surface area contributed by atoms with Crippen LogP contribution in [0.3, 0.4) is 0 Å². The molecule has 8 heteroatoms. The van der Waals surface area contributed by atoms with Crippen molar-refractivity contribution in [3.8, 4) is 0 Å². The maximum atomic E-state index is 10.6. The Hall–Kier alpha value is -0.860. The van der Waals surface area contributed by atoms with Gasteiger partial charge in [-0.25, -0.2) is 4.79 Å². The predicted octanol–water partition coefficient (Wildman–Crippen LogP) is 0.440. The molecular formula is C10H17F3N2O3. The summed E-state index contributed by atoms with van der Waals surface area (Å²) in [4.78, 5) is 11.3. The lowest BCUT2D eigenvalue weighted by Gasteiger charge is -2.45. The molecule has 2 aliphatic rings. The fraction of sp³-hybridized carbons (Fsp3) is 0.900. The normalized spacial score (nSPS) is 32.4. The molecule has 0 spiro atoms. The highest BCUT2D eigenvalue weighted by Gasteiger charge is 2.38. The van der Waals surface area contributed by atoms with Crippen molar-refractivity contribution >= 4 is 5.97 Å². The van der Waals surface area contributed by atoms with Crippen molar-refractivity contribution in [2.24, 2.45) is 5.73 Å². The molecule has 2 saturated heterocycles. The van der Waals surface area contributed by atoms with Crippen molar-refractivity contribution < 1.29 is 27.8 Å². The lowest BCUT2D eigenvalue weighted by Crippen LogP contribution is -2.57. The minimum atomic E-state index is -5.08. The van der Waals surface area contributed by atoms with Gasteiger partial charge in [0.1, 0.15) is 0 Å². The van der Waals surface area contributed by atoms with Gasteiger partial charge in [-0.05, 0) is 19.9 Å². The number of carbonyl (C=O) groups is 1. The van der Waals surface area contributed by atoms with E-state index in [0.717, 1.165) is 26.1 Å². The minimum Gasteiger partial charge on any atom is -0.475 e. The summed E-state index contributed by atoms with van der Waals surface area (Å²) in [6, 6.07) is 1.57. The van der Waals surface area contributed by atoms with E-state index in [0.29, 0.717) is 18.1 Å². The summed E-state index contributed by atoms with van der Waals surface area (Å²) in [7, 11) is 2.18. The molecule has 3 N–H and O–H groups in total. The van der Waals surface area contributed by atoms with Gasteiger partial charge in [-0.15, -0.1) is 0 Å². The van der Waals surface area contributed by atoms with Gasteiger partial charge in [-0.1, -0.05) is 0 Å². The highest BCUT2D eigenvalue weighted by atomic mass is 19.4. The first-order valence-corrected chi connectivity index (χ1v) is 5.57. The number of nitrogens with zero attached hydrogens (tertiary/aromatic N) is 1. The molecule has 0 aromatic rings. The standard InChI is InChI=1S/C8H16N2O.C2HF3O2/c1-10-7-2-6(9)3-8(10)5-11-4-7;3-2(4,5)1(6)7/h6-8H,2-5,9H2,1H3;(H,6,7)/t6?,7-,8+;. The molecule has 0 amide bonds. The molecule has 0 aromatic heterocycles. The van der Waals surface area contributed by atoms with Crippen LogP contribution in [0.1, 0.15) is 12.8 Å². The van der Waals surface area contributed by atoms with Crippen LogP contribution in [0.25, 0.3) is 0 Å². The van der Waals surface area contributed by atoms with Crippen LogP contribution in [0.4, 0.5) is 13.2 Å². The first kappa shape index (κ1) is 15.2. The quantitative estimate of drug-likeness (QED) is 0.668. The lowest BCUT2D eigenvalue weighted by molar-refractivity contribution is -0.192. The molecule has 0 aliphatic carbocycles. The molecule has 0 aromatic carbocycles. The number of morpholine rings is 1. The van der Waals surface area contributed by atoms with Crippen LogP contribution in [-0.2, 0) is 9.53 Å². The molecule has 0 saturated carbocycles. The minimum absolute atomic E-state index is 0.407. The Labute approximate surface area is 103 Å². The Morgan fingerprint density at radius 1 is 1.33 bits per heavy atom. The Bertz CT molecular complexity index is 285. The van der Waals surface area contributed by atoms with Gasteiger partial charge in [-0.3, -0.25) is 4.90 Å². The van der Waals surface area contributed by atoms with Crippen LogP contribution in [0.5, 0.6) is 0 Å². The number of carboxylic acids is 1. The number of aliphatic carboxylic acids is 1. The number of rotatable bonds is 0. The number of halogens is 3. The third-order valence-corrected chi connectivity index (χ3v) is 3.16. The molecule has 2 heterocycles. The summed E-state index contributed by atoms with van der Waals surface area (Å²) >= 11 is 0. The topological polar surface area (TPSA) is 75.8 Å². The first-order valence-electron chi connectivity index (χ1n) is 5.57. The number of hydrogen-bond donors (Lipinski definition) is 2. The molecule has 2 rings (SSSR count). The summed E-state index contributed by atoms with van der Waals surface area (Å²) in [6.07, 6.45) is -2.88. The second-order valence-electron chi connectivity index (χ2n) is 4.54. The van der Waals surface area contributed by atoms with Gasteiger partial charge in [-0.2, -0.15) is 13.2 Å². The molecule has 2 aliphatic heterocycles. The fourth-order valence-electron chi connectivity index (χ4n) is 2.14. The zero-order valence-electron chi connectivity index (χ0n) is 9.98. The van der Waals surface area contributed by atoms with Gasteiger partial charge >= 0.3 is 12.1 Å². The second kappa shape index (κ2) is 5.85. The lowest BCUT2D eigenvalue weighted by atomic mass is 9.91. The van der Waals surface area contributed by atoms with Crippen LogP contribution in [0.2, 0.25) is 0 Å². The Morgan fingerprint density at radius 2 is 1.72 bits per heavy atom. The van der Waals surface area contributed by atoms with Crippen LogP contribution >= 0.6 is 0 Å².